The Balaban J connectivity index is 1.55. The van der Waals surface area contributed by atoms with Crippen LogP contribution in [0.4, 0.5) is 24.8 Å². The molecule has 6 nitrogen and oxygen atoms in total. The monoisotopic (exact) mass is 362 g/mol. The molecule has 0 amide bonds. The standard InChI is InChI=1S/C17H17F3N6/c18-17(19,20)12-4-6-13(7-5-12)22-16-23-15-3-1-2-14(26(15)24-16)10-25-9-8-21-11-25/h1-7,21H,8-11H2,(H,22,24). The van der Waals surface area contributed by atoms with Gasteiger partial charge < -0.3 is 10.6 Å². The highest BCUT2D eigenvalue weighted by Crippen LogP contribution is 2.30. The van der Waals surface area contributed by atoms with Gasteiger partial charge in [-0.2, -0.15) is 18.2 Å². The van der Waals surface area contributed by atoms with Gasteiger partial charge in [-0.05, 0) is 36.4 Å². The highest BCUT2D eigenvalue weighted by atomic mass is 19.4. The van der Waals surface area contributed by atoms with Gasteiger partial charge in [-0.25, -0.2) is 4.52 Å². The molecule has 0 unspecified atom stereocenters. The van der Waals surface area contributed by atoms with Crippen LogP contribution < -0.4 is 10.6 Å². The van der Waals surface area contributed by atoms with Crippen molar-refractivity contribution in [2.24, 2.45) is 0 Å². The Labute approximate surface area is 147 Å². The Bertz CT molecular complexity index is 897. The Morgan fingerprint density at radius 1 is 1.12 bits per heavy atom. The smallest absolute Gasteiger partial charge is 0.323 e. The summed E-state index contributed by atoms with van der Waals surface area (Å²) in [7, 11) is 0. The van der Waals surface area contributed by atoms with Crippen LogP contribution in [0.15, 0.2) is 42.5 Å². The van der Waals surface area contributed by atoms with Gasteiger partial charge >= 0.3 is 6.18 Å². The van der Waals surface area contributed by atoms with Crippen molar-refractivity contribution >= 4 is 17.3 Å². The molecule has 0 saturated carbocycles. The molecule has 4 rings (SSSR count). The highest BCUT2D eigenvalue weighted by molar-refractivity contribution is 5.56. The van der Waals surface area contributed by atoms with Crippen LogP contribution in [-0.4, -0.2) is 39.3 Å². The average molecular weight is 362 g/mol. The molecule has 1 fully saturated rings. The first-order valence-corrected chi connectivity index (χ1v) is 8.21. The number of fused-ring (bicyclic) bond motifs is 1. The predicted molar refractivity (Wildman–Crippen MR) is 91.0 cm³/mol. The van der Waals surface area contributed by atoms with Gasteiger partial charge in [0, 0.05) is 32.0 Å². The number of hydrogen-bond donors (Lipinski definition) is 2. The molecule has 1 saturated heterocycles. The molecule has 3 aromatic rings. The number of halogens is 3. The van der Waals surface area contributed by atoms with Gasteiger partial charge in [-0.15, -0.1) is 5.10 Å². The second-order valence-electron chi connectivity index (χ2n) is 6.13. The molecule has 0 aliphatic carbocycles. The van der Waals surface area contributed by atoms with E-state index in [-0.39, 0.29) is 0 Å². The molecule has 26 heavy (non-hydrogen) atoms. The second kappa shape index (κ2) is 6.58. The van der Waals surface area contributed by atoms with Crippen LogP contribution in [-0.2, 0) is 12.7 Å². The zero-order valence-electron chi connectivity index (χ0n) is 13.8. The fraction of sp³-hybridized carbons (Fsp3) is 0.294. The maximum Gasteiger partial charge on any atom is 0.416 e. The van der Waals surface area contributed by atoms with Crippen LogP contribution in [0.3, 0.4) is 0 Å². The van der Waals surface area contributed by atoms with Crippen molar-refractivity contribution in [1.29, 1.82) is 0 Å². The number of rotatable bonds is 4. The summed E-state index contributed by atoms with van der Waals surface area (Å²) in [6, 6.07) is 10.5. The van der Waals surface area contributed by atoms with Crippen molar-refractivity contribution in [3.8, 4) is 0 Å². The fourth-order valence-electron chi connectivity index (χ4n) is 2.92. The third-order valence-corrected chi connectivity index (χ3v) is 4.23. The molecule has 3 heterocycles. The summed E-state index contributed by atoms with van der Waals surface area (Å²) in [5, 5.41) is 10.7. The number of anilines is 2. The third-order valence-electron chi connectivity index (χ3n) is 4.23. The molecule has 0 radical (unpaired) electrons. The van der Waals surface area contributed by atoms with Crippen LogP contribution >= 0.6 is 0 Å². The van der Waals surface area contributed by atoms with Crippen molar-refractivity contribution in [3.63, 3.8) is 0 Å². The molecule has 0 atom stereocenters. The maximum atomic E-state index is 12.6. The number of hydrogen-bond acceptors (Lipinski definition) is 5. The summed E-state index contributed by atoms with van der Waals surface area (Å²) in [6.45, 7) is 3.52. The summed E-state index contributed by atoms with van der Waals surface area (Å²) in [4.78, 5) is 6.66. The number of nitrogens with one attached hydrogen (secondary N) is 2. The lowest BCUT2D eigenvalue weighted by atomic mass is 10.2. The molecule has 1 aliphatic rings. The zero-order valence-corrected chi connectivity index (χ0v) is 13.8. The van der Waals surface area contributed by atoms with Gasteiger partial charge in [0.25, 0.3) is 0 Å². The quantitative estimate of drug-likeness (QED) is 0.748. The normalized spacial score (nSPS) is 15.7. The lowest BCUT2D eigenvalue weighted by Gasteiger charge is -2.13. The van der Waals surface area contributed by atoms with Crippen molar-refractivity contribution in [2.75, 3.05) is 25.1 Å². The first-order chi connectivity index (χ1) is 12.5. The zero-order chi connectivity index (χ0) is 18.1. The van der Waals surface area contributed by atoms with E-state index < -0.39 is 11.7 Å². The Hall–Kier alpha value is -2.65. The van der Waals surface area contributed by atoms with Crippen LogP contribution in [0.1, 0.15) is 11.3 Å². The number of aromatic nitrogens is 3. The number of benzene rings is 1. The van der Waals surface area contributed by atoms with E-state index in [0.29, 0.717) is 17.3 Å². The van der Waals surface area contributed by atoms with Crippen molar-refractivity contribution in [2.45, 2.75) is 12.7 Å². The molecular weight excluding hydrogens is 345 g/mol. The lowest BCUT2D eigenvalue weighted by Crippen LogP contribution is -2.22. The minimum absolute atomic E-state index is 0.344. The summed E-state index contributed by atoms with van der Waals surface area (Å²) in [5.41, 5.74) is 1.50. The molecule has 2 aromatic heterocycles. The van der Waals surface area contributed by atoms with E-state index in [0.717, 1.165) is 44.1 Å². The van der Waals surface area contributed by atoms with Gasteiger partial charge in [0.15, 0.2) is 5.65 Å². The largest absolute Gasteiger partial charge is 0.416 e. The summed E-state index contributed by atoms with van der Waals surface area (Å²) >= 11 is 0. The van der Waals surface area contributed by atoms with Crippen LogP contribution in [0, 0.1) is 0 Å². The number of alkyl halides is 3. The Morgan fingerprint density at radius 3 is 2.62 bits per heavy atom. The minimum Gasteiger partial charge on any atom is -0.323 e. The topological polar surface area (TPSA) is 57.5 Å². The first-order valence-electron chi connectivity index (χ1n) is 8.21. The summed E-state index contributed by atoms with van der Waals surface area (Å²) in [6.07, 6.45) is -4.35. The van der Waals surface area contributed by atoms with E-state index in [9.17, 15) is 13.2 Å². The number of pyridine rings is 1. The van der Waals surface area contributed by atoms with Crippen molar-refractivity contribution in [1.82, 2.24) is 24.8 Å². The first kappa shape index (κ1) is 16.8. The van der Waals surface area contributed by atoms with Crippen LogP contribution in [0.25, 0.3) is 5.65 Å². The van der Waals surface area contributed by atoms with Gasteiger partial charge in [-0.3, -0.25) is 4.90 Å². The Morgan fingerprint density at radius 2 is 1.92 bits per heavy atom. The van der Waals surface area contributed by atoms with Crippen molar-refractivity contribution < 1.29 is 13.2 Å². The van der Waals surface area contributed by atoms with Crippen LogP contribution in [0.5, 0.6) is 0 Å². The molecule has 0 spiro atoms. The van der Waals surface area contributed by atoms with Crippen LogP contribution in [0.2, 0.25) is 0 Å². The molecule has 136 valence electrons. The minimum atomic E-state index is -4.35. The van der Waals surface area contributed by atoms with Gasteiger partial charge in [0.2, 0.25) is 5.95 Å². The van der Waals surface area contributed by atoms with Gasteiger partial charge in [0.1, 0.15) is 0 Å². The molecular formula is C17H17F3N6. The predicted octanol–water partition coefficient (Wildman–Crippen LogP) is 2.85. The molecule has 1 aromatic carbocycles. The van der Waals surface area contributed by atoms with E-state index in [1.807, 2.05) is 18.2 Å². The van der Waals surface area contributed by atoms with E-state index in [2.05, 4.69) is 25.6 Å². The second-order valence-corrected chi connectivity index (χ2v) is 6.13. The van der Waals surface area contributed by atoms with E-state index in [1.54, 1.807) is 4.52 Å². The summed E-state index contributed by atoms with van der Waals surface area (Å²) in [5.74, 6) is 0.344. The van der Waals surface area contributed by atoms with Gasteiger partial charge in [0.05, 0.1) is 11.3 Å². The van der Waals surface area contributed by atoms with Gasteiger partial charge in [-0.1, -0.05) is 6.07 Å². The maximum absolute atomic E-state index is 12.6. The molecule has 9 heteroatoms. The average Bonchev–Trinajstić information content (AvgIpc) is 3.24. The fourth-order valence-corrected chi connectivity index (χ4v) is 2.92. The highest BCUT2D eigenvalue weighted by Gasteiger charge is 2.30. The van der Waals surface area contributed by atoms with E-state index in [4.69, 9.17) is 0 Å². The van der Waals surface area contributed by atoms with E-state index in [1.165, 1.54) is 12.1 Å². The van der Waals surface area contributed by atoms with E-state index >= 15 is 0 Å². The molecule has 0 bridgehead atoms. The third kappa shape index (κ3) is 3.49. The number of nitrogens with zero attached hydrogens (tertiary/aromatic N) is 4. The molecule has 2 N–H and O–H groups in total. The molecule has 1 aliphatic heterocycles. The SMILES string of the molecule is FC(F)(F)c1ccc(Nc2nc3cccc(CN4CCNC4)n3n2)cc1. The summed E-state index contributed by atoms with van der Waals surface area (Å²) < 4.78 is 39.7. The Kier molecular flexibility index (Phi) is 4.25. The lowest BCUT2D eigenvalue weighted by molar-refractivity contribution is -0.137. The van der Waals surface area contributed by atoms with Crippen molar-refractivity contribution in [3.05, 3.63) is 53.7 Å².